The number of nitrogens with one attached hydrogen (secondary N) is 1. The number of aliphatic carboxylic acids is 1. The predicted octanol–water partition coefficient (Wildman–Crippen LogP) is 3.86. The van der Waals surface area contributed by atoms with Gasteiger partial charge in [0.2, 0.25) is 0 Å². The van der Waals surface area contributed by atoms with E-state index in [2.05, 4.69) is 5.32 Å². The van der Waals surface area contributed by atoms with Gasteiger partial charge >= 0.3 is 5.97 Å². The van der Waals surface area contributed by atoms with Crippen LogP contribution in [0.4, 0.5) is 14.5 Å². The van der Waals surface area contributed by atoms with Gasteiger partial charge in [0.15, 0.2) is 17.7 Å². The minimum Gasteiger partial charge on any atom is -0.479 e. The molecule has 2 rings (SSSR count). The number of hydrogen-bond acceptors (Lipinski definition) is 2. The van der Waals surface area contributed by atoms with Gasteiger partial charge in [0, 0.05) is 0 Å². The van der Waals surface area contributed by atoms with Crippen molar-refractivity contribution in [1.82, 2.24) is 0 Å². The fourth-order valence-electron chi connectivity index (χ4n) is 1.71. The number of benzene rings is 2. The third-order valence-electron chi connectivity index (χ3n) is 2.70. The molecule has 3 nitrogen and oxygen atoms in total. The molecule has 0 aromatic heterocycles. The van der Waals surface area contributed by atoms with E-state index in [-0.39, 0.29) is 5.56 Å². The quantitative estimate of drug-likeness (QED) is 0.901. The van der Waals surface area contributed by atoms with Crippen molar-refractivity contribution in [3.8, 4) is 0 Å². The zero-order valence-electron chi connectivity index (χ0n) is 10.1. The van der Waals surface area contributed by atoms with Crippen LogP contribution in [0.5, 0.6) is 0 Å². The molecule has 0 aliphatic carbocycles. The fraction of sp³-hybridized carbons (Fsp3) is 0.0714. The van der Waals surface area contributed by atoms with Gasteiger partial charge in [-0.15, -0.1) is 0 Å². The Morgan fingerprint density at radius 1 is 1.15 bits per heavy atom. The van der Waals surface area contributed by atoms with E-state index in [1.807, 2.05) is 0 Å². The van der Waals surface area contributed by atoms with E-state index in [0.29, 0.717) is 10.7 Å². The Labute approximate surface area is 118 Å². The second-order valence-corrected chi connectivity index (χ2v) is 4.48. The lowest BCUT2D eigenvalue weighted by molar-refractivity contribution is -0.138. The molecule has 0 spiro atoms. The summed E-state index contributed by atoms with van der Waals surface area (Å²) in [5.74, 6) is -3.36. The van der Waals surface area contributed by atoms with E-state index in [1.165, 1.54) is 6.07 Å². The molecule has 1 unspecified atom stereocenters. The van der Waals surface area contributed by atoms with Crippen molar-refractivity contribution < 1.29 is 18.7 Å². The average molecular weight is 298 g/mol. The maximum absolute atomic E-state index is 13.2. The third kappa shape index (κ3) is 3.05. The number of carboxylic acids is 1. The normalized spacial score (nSPS) is 11.9. The van der Waals surface area contributed by atoms with Crippen LogP contribution in [0.25, 0.3) is 0 Å². The van der Waals surface area contributed by atoms with Crippen molar-refractivity contribution in [3.05, 3.63) is 64.7 Å². The predicted molar refractivity (Wildman–Crippen MR) is 71.8 cm³/mol. The Morgan fingerprint density at radius 2 is 1.85 bits per heavy atom. The third-order valence-corrected chi connectivity index (χ3v) is 3.03. The number of anilines is 1. The van der Waals surface area contributed by atoms with Gasteiger partial charge in [-0.25, -0.2) is 13.6 Å². The molecule has 0 fully saturated rings. The zero-order chi connectivity index (χ0) is 14.7. The summed E-state index contributed by atoms with van der Waals surface area (Å²) < 4.78 is 26.1. The average Bonchev–Trinajstić information content (AvgIpc) is 2.41. The van der Waals surface area contributed by atoms with Gasteiger partial charge in [0.05, 0.1) is 10.7 Å². The maximum atomic E-state index is 13.2. The molecule has 2 N–H and O–H groups in total. The van der Waals surface area contributed by atoms with Crippen LogP contribution < -0.4 is 5.32 Å². The largest absolute Gasteiger partial charge is 0.479 e. The molecule has 2 aromatic carbocycles. The lowest BCUT2D eigenvalue weighted by Gasteiger charge is -2.17. The van der Waals surface area contributed by atoms with E-state index in [4.69, 9.17) is 11.6 Å². The number of hydrogen-bond donors (Lipinski definition) is 2. The highest BCUT2D eigenvalue weighted by Gasteiger charge is 2.21. The summed E-state index contributed by atoms with van der Waals surface area (Å²) in [6, 6.07) is 8.27. The van der Waals surface area contributed by atoms with Gasteiger partial charge in [-0.2, -0.15) is 0 Å². The number of rotatable bonds is 4. The van der Waals surface area contributed by atoms with Crippen LogP contribution in [0.2, 0.25) is 5.02 Å². The molecule has 0 bridgehead atoms. The summed E-state index contributed by atoms with van der Waals surface area (Å²) in [4.78, 5) is 11.3. The summed E-state index contributed by atoms with van der Waals surface area (Å²) in [5, 5.41) is 12.2. The van der Waals surface area contributed by atoms with Crippen LogP contribution in [0, 0.1) is 11.6 Å². The highest BCUT2D eigenvalue weighted by atomic mass is 35.5. The Morgan fingerprint density at radius 3 is 2.45 bits per heavy atom. The van der Waals surface area contributed by atoms with Crippen LogP contribution in [0.15, 0.2) is 42.5 Å². The highest BCUT2D eigenvalue weighted by molar-refractivity contribution is 6.33. The highest BCUT2D eigenvalue weighted by Crippen LogP contribution is 2.26. The monoisotopic (exact) mass is 297 g/mol. The summed E-state index contributed by atoms with van der Waals surface area (Å²) in [7, 11) is 0. The van der Waals surface area contributed by atoms with Crippen LogP contribution in [-0.2, 0) is 4.79 Å². The first-order chi connectivity index (χ1) is 9.49. The first kappa shape index (κ1) is 14.3. The van der Waals surface area contributed by atoms with Gasteiger partial charge in [-0.1, -0.05) is 29.8 Å². The maximum Gasteiger partial charge on any atom is 0.330 e. The SMILES string of the molecule is O=C(O)C(Nc1ccccc1Cl)c1ccc(F)c(F)c1. The molecular weight excluding hydrogens is 288 g/mol. The van der Waals surface area contributed by atoms with Gasteiger partial charge in [0.1, 0.15) is 0 Å². The molecule has 104 valence electrons. The topological polar surface area (TPSA) is 49.3 Å². The number of para-hydroxylation sites is 1. The van der Waals surface area contributed by atoms with Crippen LogP contribution in [0.1, 0.15) is 11.6 Å². The van der Waals surface area contributed by atoms with E-state index in [0.717, 1.165) is 12.1 Å². The molecule has 0 radical (unpaired) electrons. The first-order valence-corrected chi connectivity index (χ1v) is 6.05. The molecule has 0 saturated carbocycles. The van der Waals surface area contributed by atoms with Crippen LogP contribution in [0.3, 0.4) is 0 Å². The van der Waals surface area contributed by atoms with Crippen molar-refractivity contribution in [2.45, 2.75) is 6.04 Å². The molecule has 6 heteroatoms. The van der Waals surface area contributed by atoms with Gasteiger partial charge in [0.25, 0.3) is 0 Å². The van der Waals surface area contributed by atoms with Gasteiger partial charge < -0.3 is 10.4 Å². The fourth-order valence-corrected chi connectivity index (χ4v) is 1.90. The molecule has 0 heterocycles. The van der Waals surface area contributed by atoms with Crippen molar-refractivity contribution in [2.75, 3.05) is 5.32 Å². The molecule has 0 aliphatic rings. The van der Waals surface area contributed by atoms with Crippen LogP contribution in [-0.4, -0.2) is 11.1 Å². The summed E-state index contributed by atoms with van der Waals surface area (Å²) >= 11 is 5.93. The molecule has 20 heavy (non-hydrogen) atoms. The van der Waals surface area contributed by atoms with Crippen molar-refractivity contribution in [2.24, 2.45) is 0 Å². The van der Waals surface area contributed by atoms with E-state index < -0.39 is 23.6 Å². The Hall–Kier alpha value is -2.14. The second-order valence-electron chi connectivity index (χ2n) is 4.07. The second kappa shape index (κ2) is 5.88. The molecule has 2 aromatic rings. The molecule has 0 aliphatic heterocycles. The Balaban J connectivity index is 2.34. The Bertz CT molecular complexity index is 649. The van der Waals surface area contributed by atoms with Crippen LogP contribution >= 0.6 is 11.6 Å². The van der Waals surface area contributed by atoms with Crippen molar-refractivity contribution >= 4 is 23.3 Å². The number of halogens is 3. The molecule has 1 atom stereocenters. The van der Waals surface area contributed by atoms with E-state index >= 15 is 0 Å². The van der Waals surface area contributed by atoms with E-state index in [9.17, 15) is 18.7 Å². The molecule has 0 saturated heterocycles. The molecular formula is C14H10ClF2NO2. The lowest BCUT2D eigenvalue weighted by atomic mass is 10.1. The number of carboxylic acid groups (broad SMARTS) is 1. The molecule has 0 amide bonds. The minimum atomic E-state index is -1.23. The Kier molecular flexibility index (Phi) is 4.20. The zero-order valence-corrected chi connectivity index (χ0v) is 10.9. The van der Waals surface area contributed by atoms with E-state index in [1.54, 1.807) is 24.3 Å². The first-order valence-electron chi connectivity index (χ1n) is 5.68. The summed E-state index contributed by atoms with van der Waals surface area (Å²) in [6.45, 7) is 0. The van der Waals surface area contributed by atoms with Gasteiger partial charge in [-0.05, 0) is 29.8 Å². The standard InChI is InChI=1S/C14H10ClF2NO2/c15-9-3-1-2-4-12(9)18-13(14(19)20)8-5-6-10(16)11(17)7-8/h1-7,13,18H,(H,19,20). The smallest absolute Gasteiger partial charge is 0.330 e. The summed E-state index contributed by atoms with van der Waals surface area (Å²) in [5.41, 5.74) is 0.489. The van der Waals surface area contributed by atoms with Crippen molar-refractivity contribution in [1.29, 1.82) is 0 Å². The summed E-state index contributed by atoms with van der Waals surface area (Å²) in [6.07, 6.45) is 0. The van der Waals surface area contributed by atoms with Gasteiger partial charge in [-0.3, -0.25) is 0 Å². The number of carbonyl (C=O) groups is 1. The lowest BCUT2D eigenvalue weighted by Crippen LogP contribution is -2.21. The van der Waals surface area contributed by atoms with Crippen molar-refractivity contribution in [3.63, 3.8) is 0 Å². The minimum absolute atomic E-state index is 0.0938.